The quantitative estimate of drug-likeness (QED) is 0.685. The molecule has 0 bridgehead atoms. The van der Waals surface area contributed by atoms with Crippen LogP contribution in [0.3, 0.4) is 0 Å². The van der Waals surface area contributed by atoms with Crippen LogP contribution in [0.5, 0.6) is 0 Å². The van der Waals surface area contributed by atoms with Gasteiger partial charge in [0, 0.05) is 12.6 Å². The molecule has 0 radical (unpaired) electrons. The van der Waals surface area contributed by atoms with Gasteiger partial charge >= 0.3 is 11.9 Å². The van der Waals surface area contributed by atoms with Gasteiger partial charge in [-0.25, -0.2) is 17.9 Å². The predicted octanol–water partition coefficient (Wildman–Crippen LogP) is -0.180. The molecule has 3 N–H and O–H groups in total. The van der Waals surface area contributed by atoms with Crippen LogP contribution in [0.25, 0.3) is 0 Å². The van der Waals surface area contributed by atoms with E-state index in [1.54, 1.807) is 11.9 Å². The highest BCUT2D eigenvalue weighted by molar-refractivity contribution is 7.89. The van der Waals surface area contributed by atoms with E-state index >= 15 is 0 Å². The zero-order valence-corrected chi connectivity index (χ0v) is 12.6. The number of likely N-dealkylation sites (N-methyl/N-ethyl adjacent to an activating group) is 1. The Kier molecular flexibility index (Phi) is 4.50. The Morgan fingerprint density at radius 2 is 2.00 bits per heavy atom. The van der Waals surface area contributed by atoms with E-state index in [-0.39, 0.29) is 23.4 Å². The summed E-state index contributed by atoms with van der Waals surface area (Å²) in [6, 6.07) is 3.73. The maximum Gasteiger partial charge on any atom is 0.335 e. The van der Waals surface area contributed by atoms with E-state index in [4.69, 9.17) is 10.2 Å². The van der Waals surface area contributed by atoms with Crippen molar-refractivity contribution in [3.05, 3.63) is 29.8 Å². The number of nitrogens with zero attached hydrogens (tertiary/aromatic N) is 1. The third-order valence-electron chi connectivity index (χ3n) is 3.55. The van der Waals surface area contributed by atoms with Gasteiger partial charge in [0.05, 0.1) is 10.5 Å². The van der Waals surface area contributed by atoms with Crippen molar-refractivity contribution in [2.24, 2.45) is 0 Å². The highest BCUT2D eigenvalue weighted by Gasteiger charge is 2.36. The molecule has 2 rings (SSSR count). The second kappa shape index (κ2) is 6.03. The lowest BCUT2D eigenvalue weighted by molar-refractivity contribution is -0.141. The van der Waals surface area contributed by atoms with Crippen LogP contribution in [0, 0.1) is 0 Å². The van der Waals surface area contributed by atoms with E-state index in [1.165, 1.54) is 18.2 Å². The van der Waals surface area contributed by atoms with Crippen LogP contribution in [-0.2, 0) is 14.8 Å². The standard InChI is InChI=1S/C13H16N2O6S/c1-15-7-9(6-11(15)13(18)19)14-22(20,21)10-4-2-3-8(5-10)12(16)17/h2-5,9,11,14H,6-7H2,1H3,(H,16,17)(H,18,19)/t9-,11+/m1/s1. The topological polar surface area (TPSA) is 124 Å². The van der Waals surface area contributed by atoms with Gasteiger partial charge < -0.3 is 10.2 Å². The number of carboxylic acids is 2. The van der Waals surface area contributed by atoms with Crippen molar-refractivity contribution in [3.8, 4) is 0 Å². The summed E-state index contributed by atoms with van der Waals surface area (Å²) in [4.78, 5) is 23.3. The normalized spacial score (nSPS) is 22.6. The summed E-state index contributed by atoms with van der Waals surface area (Å²) in [6.07, 6.45) is 0.156. The highest BCUT2D eigenvalue weighted by atomic mass is 32.2. The summed E-state index contributed by atoms with van der Waals surface area (Å²) in [6.45, 7) is 0.273. The molecule has 0 saturated carbocycles. The number of carbonyl (C=O) groups is 2. The maximum absolute atomic E-state index is 12.3. The number of carboxylic acid groups (broad SMARTS) is 2. The Labute approximate surface area is 127 Å². The van der Waals surface area contributed by atoms with E-state index in [0.717, 1.165) is 6.07 Å². The summed E-state index contributed by atoms with van der Waals surface area (Å²) in [5.41, 5.74) is -0.130. The maximum atomic E-state index is 12.3. The first kappa shape index (κ1) is 16.4. The van der Waals surface area contributed by atoms with Gasteiger partial charge in [0.1, 0.15) is 6.04 Å². The van der Waals surface area contributed by atoms with E-state index in [0.29, 0.717) is 0 Å². The van der Waals surface area contributed by atoms with E-state index in [1.807, 2.05) is 0 Å². The fraction of sp³-hybridized carbons (Fsp3) is 0.385. The number of nitrogens with one attached hydrogen (secondary N) is 1. The molecule has 22 heavy (non-hydrogen) atoms. The fourth-order valence-corrected chi connectivity index (χ4v) is 3.74. The molecule has 0 aliphatic carbocycles. The van der Waals surface area contributed by atoms with Crippen molar-refractivity contribution >= 4 is 22.0 Å². The Bertz CT molecular complexity index is 702. The molecule has 1 aromatic carbocycles. The summed E-state index contributed by atoms with van der Waals surface area (Å²) in [5.74, 6) is -2.22. The van der Waals surface area contributed by atoms with Crippen LogP contribution < -0.4 is 4.72 Å². The highest BCUT2D eigenvalue weighted by Crippen LogP contribution is 2.19. The van der Waals surface area contributed by atoms with Crippen molar-refractivity contribution in [1.29, 1.82) is 0 Å². The monoisotopic (exact) mass is 328 g/mol. The first-order valence-corrected chi connectivity index (χ1v) is 7.98. The minimum absolute atomic E-state index is 0.130. The smallest absolute Gasteiger partial charge is 0.335 e. The Morgan fingerprint density at radius 3 is 2.55 bits per heavy atom. The first-order valence-electron chi connectivity index (χ1n) is 6.49. The number of aliphatic carboxylic acids is 1. The minimum atomic E-state index is -3.91. The van der Waals surface area contributed by atoms with Gasteiger partial charge in [-0.2, -0.15) is 0 Å². The Balaban J connectivity index is 2.17. The van der Waals surface area contributed by atoms with E-state index in [9.17, 15) is 18.0 Å². The van der Waals surface area contributed by atoms with Gasteiger partial charge in [-0.1, -0.05) is 6.07 Å². The second-order valence-electron chi connectivity index (χ2n) is 5.18. The molecule has 0 aromatic heterocycles. The lowest BCUT2D eigenvalue weighted by Crippen LogP contribution is -2.36. The van der Waals surface area contributed by atoms with Gasteiger partial charge in [-0.05, 0) is 31.7 Å². The van der Waals surface area contributed by atoms with Crippen LogP contribution in [0.15, 0.2) is 29.2 Å². The van der Waals surface area contributed by atoms with Crippen molar-refractivity contribution in [2.45, 2.75) is 23.4 Å². The molecular weight excluding hydrogens is 312 g/mol. The van der Waals surface area contributed by atoms with Crippen LogP contribution in [0.1, 0.15) is 16.8 Å². The third kappa shape index (κ3) is 3.43. The molecule has 1 saturated heterocycles. The molecular formula is C13H16N2O6S. The van der Waals surface area contributed by atoms with Crippen molar-refractivity contribution in [1.82, 2.24) is 9.62 Å². The molecule has 9 heteroatoms. The van der Waals surface area contributed by atoms with Crippen LogP contribution in [0.4, 0.5) is 0 Å². The van der Waals surface area contributed by atoms with Crippen LogP contribution in [0.2, 0.25) is 0 Å². The molecule has 2 atom stereocenters. The van der Waals surface area contributed by atoms with Crippen LogP contribution in [-0.4, -0.2) is 61.1 Å². The zero-order chi connectivity index (χ0) is 16.5. The SMILES string of the molecule is CN1C[C@H](NS(=O)(=O)c2cccc(C(=O)O)c2)C[C@H]1C(=O)O. The first-order chi connectivity index (χ1) is 10.2. The molecule has 120 valence electrons. The van der Waals surface area contributed by atoms with Gasteiger partial charge in [-0.3, -0.25) is 9.69 Å². The lowest BCUT2D eigenvalue weighted by Gasteiger charge is -2.14. The van der Waals surface area contributed by atoms with Gasteiger partial charge in [0.2, 0.25) is 10.0 Å². The largest absolute Gasteiger partial charge is 0.480 e. The van der Waals surface area contributed by atoms with Crippen molar-refractivity contribution in [2.75, 3.05) is 13.6 Å². The third-order valence-corrected chi connectivity index (χ3v) is 5.06. The summed E-state index contributed by atoms with van der Waals surface area (Å²) in [5, 5.41) is 17.9. The summed E-state index contributed by atoms with van der Waals surface area (Å²) in [7, 11) is -2.30. The van der Waals surface area contributed by atoms with Crippen molar-refractivity contribution < 1.29 is 28.2 Å². The summed E-state index contributed by atoms with van der Waals surface area (Å²) >= 11 is 0. The molecule has 8 nitrogen and oxygen atoms in total. The number of aromatic carboxylic acids is 1. The van der Waals surface area contributed by atoms with Crippen molar-refractivity contribution in [3.63, 3.8) is 0 Å². The molecule has 0 spiro atoms. The summed E-state index contributed by atoms with van der Waals surface area (Å²) < 4.78 is 27.0. The Hall–Kier alpha value is -1.97. The average molecular weight is 328 g/mol. The van der Waals surface area contributed by atoms with Gasteiger partial charge in [0.15, 0.2) is 0 Å². The number of benzene rings is 1. The molecule has 1 aromatic rings. The van der Waals surface area contributed by atoms with Gasteiger partial charge in [-0.15, -0.1) is 0 Å². The number of likely N-dealkylation sites (tertiary alicyclic amines) is 1. The van der Waals surface area contributed by atoms with E-state index < -0.39 is 34.0 Å². The van der Waals surface area contributed by atoms with E-state index in [2.05, 4.69) is 4.72 Å². The lowest BCUT2D eigenvalue weighted by atomic mass is 10.2. The zero-order valence-electron chi connectivity index (χ0n) is 11.8. The molecule has 1 aliphatic rings. The number of sulfonamides is 1. The fourth-order valence-electron chi connectivity index (χ4n) is 2.46. The predicted molar refractivity (Wildman–Crippen MR) is 76.2 cm³/mol. The van der Waals surface area contributed by atoms with Gasteiger partial charge in [0.25, 0.3) is 0 Å². The number of hydrogen-bond donors (Lipinski definition) is 3. The molecule has 0 amide bonds. The minimum Gasteiger partial charge on any atom is -0.480 e. The van der Waals surface area contributed by atoms with Crippen LogP contribution >= 0.6 is 0 Å². The molecule has 1 fully saturated rings. The Morgan fingerprint density at radius 1 is 1.32 bits per heavy atom. The molecule has 1 aliphatic heterocycles. The number of rotatable bonds is 5. The molecule has 1 heterocycles. The molecule has 0 unspecified atom stereocenters. The second-order valence-corrected chi connectivity index (χ2v) is 6.89. The number of hydrogen-bond acceptors (Lipinski definition) is 5. The average Bonchev–Trinajstić information content (AvgIpc) is 2.79.